The second kappa shape index (κ2) is 9.94. The van der Waals surface area contributed by atoms with Crippen LogP contribution in [0.5, 0.6) is 5.75 Å². The molecule has 1 fully saturated rings. The lowest BCUT2D eigenvalue weighted by Gasteiger charge is -2.19. The average Bonchev–Trinajstić information content (AvgIpc) is 3.63. The molecule has 1 aliphatic rings. The van der Waals surface area contributed by atoms with Gasteiger partial charge in [0.25, 0.3) is 5.91 Å². The molecule has 4 rings (SSSR count). The SMILES string of the molecule is O=C(NC(Cc1ccccc1)C(=O)NC1CC1)c1ccc(OCc2ccccc2)cc1. The maximum absolute atomic E-state index is 12.8. The van der Waals surface area contributed by atoms with Crippen LogP contribution in [0.2, 0.25) is 0 Å². The minimum absolute atomic E-state index is 0.137. The van der Waals surface area contributed by atoms with E-state index in [0.717, 1.165) is 24.0 Å². The van der Waals surface area contributed by atoms with Crippen molar-refractivity contribution in [2.75, 3.05) is 0 Å². The molecule has 2 amide bonds. The van der Waals surface area contributed by atoms with Crippen molar-refractivity contribution < 1.29 is 14.3 Å². The second-order valence-electron chi connectivity index (χ2n) is 7.80. The Labute approximate surface area is 182 Å². The predicted molar refractivity (Wildman–Crippen MR) is 120 cm³/mol. The zero-order valence-electron chi connectivity index (χ0n) is 17.3. The van der Waals surface area contributed by atoms with E-state index in [0.29, 0.717) is 24.3 Å². The first-order valence-corrected chi connectivity index (χ1v) is 10.6. The third-order valence-corrected chi connectivity index (χ3v) is 5.19. The van der Waals surface area contributed by atoms with E-state index < -0.39 is 6.04 Å². The highest BCUT2D eigenvalue weighted by molar-refractivity contribution is 5.97. The van der Waals surface area contributed by atoms with Crippen molar-refractivity contribution in [1.82, 2.24) is 10.6 Å². The molecule has 1 unspecified atom stereocenters. The van der Waals surface area contributed by atoms with E-state index in [9.17, 15) is 9.59 Å². The van der Waals surface area contributed by atoms with Crippen molar-refractivity contribution in [1.29, 1.82) is 0 Å². The zero-order chi connectivity index (χ0) is 21.5. The molecule has 5 nitrogen and oxygen atoms in total. The molecule has 31 heavy (non-hydrogen) atoms. The van der Waals surface area contributed by atoms with Gasteiger partial charge in [-0.25, -0.2) is 0 Å². The molecule has 1 saturated carbocycles. The number of carbonyl (C=O) groups excluding carboxylic acids is 2. The topological polar surface area (TPSA) is 67.4 Å². The van der Waals surface area contributed by atoms with Gasteiger partial charge in [0.15, 0.2) is 0 Å². The van der Waals surface area contributed by atoms with Crippen molar-refractivity contribution in [3.05, 3.63) is 102 Å². The Balaban J connectivity index is 1.38. The van der Waals surface area contributed by atoms with Crippen LogP contribution in [0.25, 0.3) is 0 Å². The van der Waals surface area contributed by atoms with Gasteiger partial charge in [-0.3, -0.25) is 9.59 Å². The van der Waals surface area contributed by atoms with Crippen LogP contribution in [0.15, 0.2) is 84.9 Å². The van der Waals surface area contributed by atoms with Gasteiger partial charge in [-0.15, -0.1) is 0 Å². The van der Waals surface area contributed by atoms with E-state index in [1.54, 1.807) is 24.3 Å². The molecule has 0 bridgehead atoms. The van der Waals surface area contributed by atoms with Crippen LogP contribution in [0.3, 0.4) is 0 Å². The highest BCUT2D eigenvalue weighted by atomic mass is 16.5. The van der Waals surface area contributed by atoms with E-state index >= 15 is 0 Å². The summed E-state index contributed by atoms with van der Waals surface area (Å²) < 4.78 is 5.78. The summed E-state index contributed by atoms with van der Waals surface area (Å²) in [7, 11) is 0. The van der Waals surface area contributed by atoms with Crippen molar-refractivity contribution >= 4 is 11.8 Å². The molecule has 0 spiro atoms. The van der Waals surface area contributed by atoms with Crippen LogP contribution in [0, 0.1) is 0 Å². The summed E-state index contributed by atoms with van der Waals surface area (Å²) in [5.74, 6) is 0.275. The van der Waals surface area contributed by atoms with Crippen LogP contribution in [-0.2, 0) is 17.8 Å². The second-order valence-corrected chi connectivity index (χ2v) is 7.80. The Bertz CT molecular complexity index is 1000. The first kappa shape index (κ1) is 20.7. The van der Waals surface area contributed by atoms with E-state index in [2.05, 4.69) is 10.6 Å². The van der Waals surface area contributed by atoms with E-state index in [1.165, 1.54) is 0 Å². The fraction of sp³-hybridized carbons (Fsp3) is 0.231. The Kier molecular flexibility index (Phi) is 6.62. The summed E-state index contributed by atoms with van der Waals surface area (Å²) in [6.07, 6.45) is 2.45. The van der Waals surface area contributed by atoms with Crippen LogP contribution in [0.4, 0.5) is 0 Å². The minimum atomic E-state index is -0.621. The summed E-state index contributed by atoms with van der Waals surface area (Å²) in [6, 6.07) is 26.2. The molecule has 0 aromatic heterocycles. The van der Waals surface area contributed by atoms with Gasteiger partial charge in [0, 0.05) is 18.0 Å². The fourth-order valence-corrected chi connectivity index (χ4v) is 3.27. The highest BCUT2D eigenvalue weighted by Gasteiger charge is 2.28. The maximum atomic E-state index is 12.8. The summed E-state index contributed by atoms with van der Waals surface area (Å²) in [6.45, 7) is 0.465. The third-order valence-electron chi connectivity index (χ3n) is 5.19. The summed E-state index contributed by atoms with van der Waals surface area (Å²) in [5, 5.41) is 5.90. The number of hydrogen-bond donors (Lipinski definition) is 2. The predicted octanol–water partition coefficient (Wildman–Crippen LogP) is 3.89. The van der Waals surface area contributed by atoms with E-state index in [4.69, 9.17) is 4.74 Å². The number of carbonyl (C=O) groups is 2. The molecule has 0 radical (unpaired) electrons. The molecule has 3 aromatic carbocycles. The molecule has 0 aliphatic heterocycles. The molecular weight excluding hydrogens is 388 g/mol. The maximum Gasteiger partial charge on any atom is 0.251 e. The van der Waals surface area contributed by atoms with Gasteiger partial charge in [0.1, 0.15) is 18.4 Å². The molecule has 158 valence electrons. The van der Waals surface area contributed by atoms with Gasteiger partial charge >= 0.3 is 0 Å². The molecular formula is C26H26N2O3. The van der Waals surface area contributed by atoms with Gasteiger partial charge in [0.05, 0.1) is 0 Å². The third kappa shape index (κ3) is 6.19. The van der Waals surface area contributed by atoms with Crippen LogP contribution < -0.4 is 15.4 Å². The van der Waals surface area contributed by atoms with Gasteiger partial charge in [-0.2, -0.15) is 0 Å². The summed E-state index contributed by atoms with van der Waals surface area (Å²) in [5.41, 5.74) is 2.57. The monoisotopic (exact) mass is 414 g/mol. The smallest absolute Gasteiger partial charge is 0.251 e. The van der Waals surface area contributed by atoms with Gasteiger partial charge in [0.2, 0.25) is 5.91 Å². The molecule has 1 aliphatic carbocycles. The minimum Gasteiger partial charge on any atom is -0.489 e. The van der Waals surface area contributed by atoms with Gasteiger partial charge in [-0.05, 0) is 48.2 Å². The summed E-state index contributed by atoms with van der Waals surface area (Å²) in [4.78, 5) is 25.5. The summed E-state index contributed by atoms with van der Waals surface area (Å²) >= 11 is 0. The number of hydrogen-bond acceptors (Lipinski definition) is 3. The fourth-order valence-electron chi connectivity index (χ4n) is 3.27. The first-order valence-electron chi connectivity index (χ1n) is 10.6. The Hall–Kier alpha value is -3.60. The lowest BCUT2D eigenvalue weighted by Crippen LogP contribution is -2.48. The number of amides is 2. The van der Waals surface area contributed by atoms with Crippen LogP contribution >= 0.6 is 0 Å². The highest BCUT2D eigenvalue weighted by Crippen LogP contribution is 2.19. The Morgan fingerprint density at radius 1 is 0.839 bits per heavy atom. The number of nitrogens with one attached hydrogen (secondary N) is 2. The molecule has 5 heteroatoms. The Morgan fingerprint density at radius 2 is 1.45 bits per heavy atom. The molecule has 3 aromatic rings. The lowest BCUT2D eigenvalue weighted by molar-refractivity contribution is -0.123. The van der Waals surface area contributed by atoms with Crippen LogP contribution in [-0.4, -0.2) is 23.9 Å². The van der Waals surface area contributed by atoms with E-state index in [-0.39, 0.29) is 17.9 Å². The number of rotatable bonds is 9. The molecule has 0 saturated heterocycles. The largest absolute Gasteiger partial charge is 0.489 e. The van der Waals surface area contributed by atoms with Gasteiger partial charge < -0.3 is 15.4 Å². The zero-order valence-corrected chi connectivity index (χ0v) is 17.3. The molecule has 2 N–H and O–H groups in total. The molecule has 1 atom stereocenters. The first-order chi connectivity index (χ1) is 15.2. The average molecular weight is 415 g/mol. The lowest BCUT2D eigenvalue weighted by atomic mass is 10.0. The quantitative estimate of drug-likeness (QED) is 0.558. The van der Waals surface area contributed by atoms with Gasteiger partial charge in [-0.1, -0.05) is 60.7 Å². The number of benzene rings is 3. The van der Waals surface area contributed by atoms with E-state index in [1.807, 2.05) is 60.7 Å². The van der Waals surface area contributed by atoms with Crippen molar-refractivity contribution in [3.63, 3.8) is 0 Å². The number of ether oxygens (including phenoxy) is 1. The van der Waals surface area contributed by atoms with Crippen molar-refractivity contribution in [3.8, 4) is 5.75 Å². The standard InChI is InChI=1S/C26H26N2O3/c29-25(21-11-15-23(16-12-21)31-18-20-9-5-2-6-10-20)28-24(26(30)27-22-13-14-22)17-19-7-3-1-4-8-19/h1-12,15-16,22,24H,13-14,17-18H2,(H,27,30)(H,28,29). The Morgan fingerprint density at radius 3 is 2.06 bits per heavy atom. The molecule has 0 heterocycles. The normalized spacial score (nSPS) is 13.8. The van der Waals surface area contributed by atoms with Crippen molar-refractivity contribution in [2.45, 2.75) is 38.0 Å². The van der Waals surface area contributed by atoms with Crippen LogP contribution in [0.1, 0.15) is 34.3 Å². The van der Waals surface area contributed by atoms with Crippen molar-refractivity contribution in [2.24, 2.45) is 0 Å².